The van der Waals surface area contributed by atoms with E-state index in [0.717, 1.165) is 4.90 Å². The van der Waals surface area contributed by atoms with E-state index in [1.807, 2.05) is 0 Å². The van der Waals surface area contributed by atoms with Gasteiger partial charge in [0.25, 0.3) is 5.69 Å². The predicted molar refractivity (Wildman–Crippen MR) is 72.9 cm³/mol. The van der Waals surface area contributed by atoms with Crippen molar-refractivity contribution >= 4 is 35.0 Å². The third kappa shape index (κ3) is 2.97. The van der Waals surface area contributed by atoms with Gasteiger partial charge in [-0.25, -0.2) is 0 Å². The molecule has 0 bridgehead atoms. The van der Waals surface area contributed by atoms with Gasteiger partial charge in [-0.1, -0.05) is 12.1 Å². The molecule has 1 aromatic rings. The van der Waals surface area contributed by atoms with Gasteiger partial charge in [-0.15, -0.1) is 11.8 Å². The maximum atomic E-state index is 11.8. The predicted octanol–water partition coefficient (Wildman–Crippen LogP) is 1.55. The second kappa shape index (κ2) is 5.74. The number of nitrogens with zero attached hydrogens (tertiary/aromatic N) is 2. The number of amides is 1. The number of benzene rings is 1. The van der Waals surface area contributed by atoms with Gasteiger partial charge in [0, 0.05) is 17.7 Å². The fourth-order valence-electron chi connectivity index (χ4n) is 1.78. The van der Waals surface area contributed by atoms with Crippen LogP contribution in [-0.4, -0.2) is 39.1 Å². The van der Waals surface area contributed by atoms with Crippen LogP contribution in [0.2, 0.25) is 0 Å². The Bertz CT molecular complexity index is 614. The van der Waals surface area contributed by atoms with Gasteiger partial charge in [-0.2, -0.15) is 0 Å². The number of rotatable bonds is 4. The van der Waals surface area contributed by atoms with Crippen molar-refractivity contribution in [3.05, 3.63) is 45.4 Å². The number of carboxylic acid groups (broad SMARTS) is 1. The normalized spacial score (nSPS) is 14.9. The first kappa shape index (κ1) is 14.1. The molecule has 1 amide bonds. The third-order valence-electron chi connectivity index (χ3n) is 2.64. The molecule has 0 fully saturated rings. The zero-order chi connectivity index (χ0) is 14.7. The monoisotopic (exact) mass is 294 g/mol. The van der Waals surface area contributed by atoms with E-state index in [1.54, 1.807) is 11.5 Å². The number of carbonyl (C=O) groups is 2. The van der Waals surface area contributed by atoms with Crippen LogP contribution in [0, 0.1) is 10.1 Å². The lowest BCUT2D eigenvalue weighted by atomic mass is 10.1. The van der Waals surface area contributed by atoms with Crippen molar-refractivity contribution in [2.24, 2.45) is 0 Å². The zero-order valence-corrected chi connectivity index (χ0v) is 11.0. The van der Waals surface area contributed by atoms with E-state index in [4.69, 9.17) is 5.11 Å². The van der Waals surface area contributed by atoms with E-state index in [1.165, 1.54) is 30.0 Å². The van der Waals surface area contributed by atoms with E-state index >= 15 is 0 Å². The van der Waals surface area contributed by atoms with E-state index < -0.39 is 17.4 Å². The molecule has 20 heavy (non-hydrogen) atoms. The summed E-state index contributed by atoms with van der Waals surface area (Å²) in [5, 5.41) is 21.3. The summed E-state index contributed by atoms with van der Waals surface area (Å²) in [4.78, 5) is 34.0. The maximum Gasteiger partial charge on any atom is 0.323 e. The molecule has 0 aromatic heterocycles. The molecular formula is C12H10N2O5S. The van der Waals surface area contributed by atoms with Gasteiger partial charge in [0.2, 0.25) is 5.91 Å². The Kier molecular flexibility index (Phi) is 4.04. The van der Waals surface area contributed by atoms with Crippen LogP contribution < -0.4 is 0 Å². The number of thioether (sulfide) groups is 1. The number of aliphatic carboxylic acids is 1. The minimum atomic E-state index is -1.14. The highest BCUT2D eigenvalue weighted by atomic mass is 32.2. The summed E-state index contributed by atoms with van der Waals surface area (Å²) in [6.45, 7) is -0.464. The fourth-order valence-corrected chi connectivity index (χ4v) is 2.58. The number of hydrogen-bond acceptors (Lipinski definition) is 5. The quantitative estimate of drug-likeness (QED) is 0.668. The summed E-state index contributed by atoms with van der Waals surface area (Å²) >= 11 is 1.24. The summed E-state index contributed by atoms with van der Waals surface area (Å²) in [7, 11) is 0. The Balaban J connectivity index is 2.40. The van der Waals surface area contributed by atoms with Gasteiger partial charge in [-0.05, 0) is 5.41 Å². The van der Waals surface area contributed by atoms with Crippen LogP contribution in [0.5, 0.6) is 0 Å². The minimum Gasteiger partial charge on any atom is -0.480 e. The molecule has 0 radical (unpaired) electrons. The zero-order valence-electron chi connectivity index (χ0n) is 10.2. The van der Waals surface area contributed by atoms with Gasteiger partial charge in [0.1, 0.15) is 6.54 Å². The van der Waals surface area contributed by atoms with Crippen molar-refractivity contribution in [3.63, 3.8) is 0 Å². The van der Waals surface area contributed by atoms with E-state index in [-0.39, 0.29) is 17.3 Å². The highest BCUT2D eigenvalue weighted by Gasteiger charge is 2.26. The Hall–Kier alpha value is -2.35. The SMILES string of the molecule is O=C(O)CN1C(=O)CSC=C1c1cccc([N+](=O)[O-])c1. The summed E-state index contributed by atoms with van der Waals surface area (Å²) in [6.07, 6.45) is 0. The van der Waals surface area contributed by atoms with Gasteiger partial charge in [-0.3, -0.25) is 24.6 Å². The van der Waals surface area contributed by atoms with Gasteiger partial charge in [0.05, 0.1) is 16.4 Å². The van der Waals surface area contributed by atoms with Crippen LogP contribution in [-0.2, 0) is 9.59 Å². The number of hydrogen-bond donors (Lipinski definition) is 1. The summed E-state index contributed by atoms with van der Waals surface area (Å²) in [5.74, 6) is -1.31. The first-order chi connectivity index (χ1) is 9.49. The van der Waals surface area contributed by atoms with Crippen molar-refractivity contribution < 1.29 is 19.6 Å². The molecule has 1 aliphatic heterocycles. The van der Waals surface area contributed by atoms with Crippen LogP contribution in [0.4, 0.5) is 5.69 Å². The van der Waals surface area contributed by atoms with Gasteiger partial charge < -0.3 is 5.11 Å². The molecule has 0 spiro atoms. The largest absolute Gasteiger partial charge is 0.480 e. The number of non-ortho nitro benzene ring substituents is 1. The van der Waals surface area contributed by atoms with E-state index in [9.17, 15) is 19.7 Å². The second-order valence-corrected chi connectivity index (χ2v) is 4.85. The topological polar surface area (TPSA) is 101 Å². The molecule has 0 saturated carbocycles. The minimum absolute atomic E-state index is 0.110. The third-order valence-corrected chi connectivity index (χ3v) is 3.44. The highest BCUT2D eigenvalue weighted by Crippen LogP contribution is 2.29. The maximum absolute atomic E-state index is 11.8. The summed E-state index contributed by atoms with van der Waals surface area (Å²) in [5.41, 5.74) is 0.708. The number of nitro benzene ring substituents is 1. The van der Waals surface area contributed by atoms with Crippen molar-refractivity contribution in [1.29, 1.82) is 0 Å². The summed E-state index contributed by atoms with van der Waals surface area (Å²) in [6, 6.07) is 5.76. The Morgan fingerprint density at radius 1 is 1.50 bits per heavy atom. The molecule has 1 N–H and O–H groups in total. The molecule has 1 aromatic carbocycles. The molecule has 0 atom stereocenters. The molecule has 2 rings (SSSR count). The molecular weight excluding hydrogens is 284 g/mol. The first-order valence-corrected chi connectivity index (χ1v) is 6.62. The van der Waals surface area contributed by atoms with Gasteiger partial charge >= 0.3 is 5.97 Å². The molecule has 104 valence electrons. The molecule has 1 heterocycles. The van der Waals surface area contributed by atoms with Crippen LogP contribution in [0.3, 0.4) is 0 Å². The number of carbonyl (C=O) groups excluding carboxylic acids is 1. The van der Waals surface area contributed by atoms with E-state index in [2.05, 4.69) is 0 Å². The lowest BCUT2D eigenvalue weighted by molar-refractivity contribution is -0.384. The average molecular weight is 294 g/mol. The van der Waals surface area contributed by atoms with Crippen molar-refractivity contribution in [2.45, 2.75) is 0 Å². The molecule has 0 aliphatic carbocycles. The van der Waals surface area contributed by atoms with Crippen LogP contribution in [0.1, 0.15) is 5.56 Å². The number of carboxylic acids is 1. The second-order valence-electron chi connectivity index (χ2n) is 4.00. The Morgan fingerprint density at radius 3 is 2.90 bits per heavy atom. The van der Waals surface area contributed by atoms with Crippen LogP contribution in [0.25, 0.3) is 5.70 Å². The summed E-state index contributed by atoms with van der Waals surface area (Å²) < 4.78 is 0. The Morgan fingerprint density at radius 2 is 2.25 bits per heavy atom. The highest BCUT2D eigenvalue weighted by molar-refractivity contribution is 8.03. The van der Waals surface area contributed by atoms with Crippen molar-refractivity contribution in [1.82, 2.24) is 4.90 Å². The van der Waals surface area contributed by atoms with Crippen molar-refractivity contribution in [2.75, 3.05) is 12.3 Å². The average Bonchev–Trinajstić information content (AvgIpc) is 2.41. The number of nitro groups is 1. The molecule has 0 unspecified atom stereocenters. The fraction of sp³-hybridized carbons (Fsp3) is 0.167. The lowest BCUT2D eigenvalue weighted by Crippen LogP contribution is -2.37. The molecule has 0 saturated heterocycles. The van der Waals surface area contributed by atoms with Crippen molar-refractivity contribution in [3.8, 4) is 0 Å². The first-order valence-electron chi connectivity index (χ1n) is 5.58. The van der Waals surface area contributed by atoms with Crippen LogP contribution in [0.15, 0.2) is 29.7 Å². The smallest absolute Gasteiger partial charge is 0.323 e. The van der Waals surface area contributed by atoms with Gasteiger partial charge in [0.15, 0.2) is 0 Å². The standard InChI is InChI=1S/C12H10N2O5S/c15-11-7-20-6-10(13(11)5-12(16)17)8-2-1-3-9(4-8)14(18)19/h1-4,6H,5,7H2,(H,16,17). The molecule has 7 nitrogen and oxygen atoms in total. The van der Waals surface area contributed by atoms with E-state index in [0.29, 0.717) is 11.3 Å². The lowest BCUT2D eigenvalue weighted by Gasteiger charge is -2.26. The van der Waals surface area contributed by atoms with Crippen LogP contribution >= 0.6 is 11.8 Å². The molecule has 1 aliphatic rings. The molecule has 8 heteroatoms. The Labute approximate surface area is 118 Å².